The fraction of sp³-hybridized carbons (Fsp3) is 0.650. The molecular formula is C20H32F3N3O2. The summed E-state index contributed by atoms with van der Waals surface area (Å²) in [5.74, 6) is 0.653. The van der Waals surface area contributed by atoms with Gasteiger partial charge >= 0.3 is 6.18 Å². The van der Waals surface area contributed by atoms with Gasteiger partial charge in [-0.25, -0.2) is 0 Å². The number of benzene rings is 1. The number of aliphatic imine (C=N–C) groups is 1. The molecule has 0 unspecified atom stereocenters. The topological polar surface area (TPSA) is 54.9 Å². The quantitative estimate of drug-likeness (QED) is 0.365. The van der Waals surface area contributed by atoms with E-state index in [0.717, 1.165) is 18.9 Å². The van der Waals surface area contributed by atoms with Crippen molar-refractivity contribution in [3.63, 3.8) is 0 Å². The maximum Gasteiger partial charge on any atom is 0.416 e. The number of nitrogens with one attached hydrogen (secondary N) is 2. The summed E-state index contributed by atoms with van der Waals surface area (Å²) in [5.41, 5.74) is -1.15. The molecule has 160 valence electrons. The molecule has 0 aromatic heterocycles. The van der Waals surface area contributed by atoms with Gasteiger partial charge in [-0.05, 0) is 58.2 Å². The number of unbranched alkanes of at least 4 members (excludes halogenated alkanes) is 1. The molecule has 1 aromatic carbocycles. The van der Waals surface area contributed by atoms with E-state index in [2.05, 4.69) is 15.6 Å². The Morgan fingerprint density at radius 1 is 1.11 bits per heavy atom. The van der Waals surface area contributed by atoms with Crippen molar-refractivity contribution in [2.75, 3.05) is 26.8 Å². The fourth-order valence-electron chi connectivity index (χ4n) is 2.47. The number of nitrogens with zero attached hydrogens (tertiary/aromatic N) is 1. The van der Waals surface area contributed by atoms with Crippen molar-refractivity contribution >= 4 is 5.96 Å². The smallest absolute Gasteiger partial charge is 0.416 e. The molecule has 1 aromatic rings. The van der Waals surface area contributed by atoms with Gasteiger partial charge < -0.3 is 20.1 Å². The largest absolute Gasteiger partial charge is 0.488 e. The van der Waals surface area contributed by atoms with E-state index in [9.17, 15) is 13.2 Å². The third-order valence-electron chi connectivity index (χ3n) is 3.69. The summed E-state index contributed by atoms with van der Waals surface area (Å²) in [4.78, 5) is 4.05. The first-order valence-corrected chi connectivity index (χ1v) is 9.48. The van der Waals surface area contributed by atoms with E-state index in [1.807, 2.05) is 6.92 Å². The van der Waals surface area contributed by atoms with Gasteiger partial charge in [0.15, 0.2) is 5.96 Å². The summed E-state index contributed by atoms with van der Waals surface area (Å²) in [6.45, 7) is 9.38. The van der Waals surface area contributed by atoms with Crippen molar-refractivity contribution in [2.45, 2.75) is 58.9 Å². The van der Waals surface area contributed by atoms with Gasteiger partial charge in [-0.2, -0.15) is 13.2 Å². The summed E-state index contributed by atoms with van der Waals surface area (Å²) in [6, 6.07) is 4.04. The molecule has 1 rings (SSSR count). The lowest BCUT2D eigenvalue weighted by Gasteiger charge is -2.23. The summed E-state index contributed by atoms with van der Waals surface area (Å²) in [7, 11) is 1.58. The van der Waals surface area contributed by atoms with Crippen LogP contribution in [0.4, 0.5) is 13.2 Å². The molecule has 0 aliphatic carbocycles. The SMILES string of the molecule is CCOCCCCNC(=NC)NCc1ccc(OC(C)(C)C)cc1C(F)(F)F. The maximum atomic E-state index is 13.5. The normalized spacial score (nSPS) is 12.8. The van der Waals surface area contributed by atoms with Crippen LogP contribution >= 0.6 is 0 Å². The Hall–Kier alpha value is -1.96. The Kier molecular flexibility index (Phi) is 9.58. The molecule has 0 aliphatic heterocycles. The highest BCUT2D eigenvalue weighted by molar-refractivity contribution is 5.79. The van der Waals surface area contributed by atoms with Gasteiger partial charge in [0, 0.05) is 33.4 Å². The minimum absolute atomic E-state index is 0.00323. The zero-order valence-corrected chi connectivity index (χ0v) is 17.4. The van der Waals surface area contributed by atoms with Crippen LogP contribution in [0.25, 0.3) is 0 Å². The van der Waals surface area contributed by atoms with Gasteiger partial charge in [0.05, 0.1) is 5.56 Å². The van der Waals surface area contributed by atoms with Crippen molar-refractivity contribution in [3.8, 4) is 5.75 Å². The Bertz CT molecular complexity index is 626. The van der Waals surface area contributed by atoms with Crippen molar-refractivity contribution in [1.29, 1.82) is 0 Å². The molecule has 0 fully saturated rings. The summed E-state index contributed by atoms with van der Waals surface area (Å²) in [6.07, 6.45) is -2.68. The zero-order valence-electron chi connectivity index (χ0n) is 17.4. The highest BCUT2D eigenvalue weighted by Crippen LogP contribution is 2.35. The van der Waals surface area contributed by atoms with Crippen LogP contribution in [0.15, 0.2) is 23.2 Å². The summed E-state index contributed by atoms with van der Waals surface area (Å²) in [5, 5.41) is 6.03. The fourth-order valence-corrected chi connectivity index (χ4v) is 2.47. The molecule has 5 nitrogen and oxygen atoms in total. The second-order valence-corrected chi connectivity index (χ2v) is 7.29. The minimum Gasteiger partial charge on any atom is -0.488 e. The van der Waals surface area contributed by atoms with Gasteiger partial charge in [0.1, 0.15) is 11.4 Å². The first-order chi connectivity index (χ1) is 13.1. The van der Waals surface area contributed by atoms with Gasteiger partial charge in [-0.1, -0.05) is 6.07 Å². The van der Waals surface area contributed by atoms with E-state index in [4.69, 9.17) is 9.47 Å². The number of guanidine groups is 1. The number of ether oxygens (including phenoxy) is 2. The third-order valence-corrected chi connectivity index (χ3v) is 3.69. The molecule has 2 N–H and O–H groups in total. The first-order valence-electron chi connectivity index (χ1n) is 9.48. The van der Waals surface area contributed by atoms with Crippen LogP contribution < -0.4 is 15.4 Å². The van der Waals surface area contributed by atoms with Crippen molar-refractivity contribution in [3.05, 3.63) is 29.3 Å². The molecule has 0 aliphatic rings. The van der Waals surface area contributed by atoms with Crippen LogP contribution in [0.5, 0.6) is 5.75 Å². The molecule has 0 heterocycles. The van der Waals surface area contributed by atoms with Gasteiger partial charge in [0.25, 0.3) is 0 Å². The van der Waals surface area contributed by atoms with Crippen LogP contribution in [0.3, 0.4) is 0 Å². The lowest BCUT2D eigenvalue weighted by molar-refractivity contribution is -0.138. The molecule has 0 saturated heterocycles. The Labute approximate surface area is 165 Å². The zero-order chi connectivity index (χ0) is 21.2. The number of alkyl halides is 3. The molecule has 8 heteroatoms. The maximum absolute atomic E-state index is 13.5. The Balaban J connectivity index is 2.71. The highest BCUT2D eigenvalue weighted by Gasteiger charge is 2.34. The summed E-state index contributed by atoms with van der Waals surface area (Å²) < 4.78 is 51.3. The van der Waals surface area contributed by atoms with Gasteiger partial charge in [-0.15, -0.1) is 0 Å². The Morgan fingerprint density at radius 2 is 1.82 bits per heavy atom. The first kappa shape index (κ1) is 24.1. The van der Waals surface area contributed by atoms with Crippen LogP contribution in [0.1, 0.15) is 51.7 Å². The van der Waals surface area contributed by atoms with E-state index in [1.165, 1.54) is 6.07 Å². The van der Waals surface area contributed by atoms with Crippen molar-refractivity contribution in [1.82, 2.24) is 10.6 Å². The van der Waals surface area contributed by atoms with Crippen LogP contribution in [0.2, 0.25) is 0 Å². The molecule has 0 radical (unpaired) electrons. The molecule has 0 bridgehead atoms. The van der Waals surface area contributed by atoms with E-state index >= 15 is 0 Å². The second-order valence-electron chi connectivity index (χ2n) is 7.29. The van der Waals surface area contributed by atoms with Crippen molar-refractivity contribution in [2.24, 2.45) is 4.99 Å². The number of hydrogen-bond donors (Lipinski definition) is 2. The van der Waals surface area contributed by atoms with Gasteiger partial charge in [-0.3, -0.25) is 4.99 Å². The van der Waals surface area contributed by atoms with Crippen LogP contribution in [-0.2, 0) is 17.5 Å². The molecule has 0 spiro atoms. The highest BCUT2D eigenvalue weighted by atomic mass is 19.4. The Morgan fingerprint density at radius 3 is 2.39 bits per heavy atom. The monoisotopic (exact) mass is 403 g/mol. The average molecular weight is 403 g/mol. The van der Waals surface area contributed by atoms with E-state index in [1.54, 1.807) is 33.9 Å². The lowest BCUT2D eigenvalue weighted by atomic mass is 10.1. The molecule has 0 amide bonds. The number of rotatable bonds is 9. The lowest BCUT2D eigenvalue weighted by Crippen LogP contribution is -2.37. The van der Waals surface area contributed by atoms with Crippen molar-refractivity contribution < 1.29 is 22.6 Å². The second kappa shape index (κ2) is 11.1. The minimum atomic E-state index is -4.47. The van der Waals surface area contributed by atoms with Gasteiger partial charge in [0.2, 0.25) is 0 Å². The number of hydrogen-bond acceptors (Lipinski definition) is 3. The number of halogens is 3. The van der Waals surface area contributed by atoms with Crippen LogP contribution in [0, 0.1) is 0 Å². The van der Waals surface area contributed by atoms with Crippen LogP contribution in [-0.4, -0.2) is 38.4 Å². The van der Waals surface area contributed by atoms with E-state index in [0.29, 0.717) is 25.7 Å². The predicted molar refractivity (Wildman–Crippen MR) is 106 cm³/mol. The average Bonchev–Trinajstić information content (AvgIpc) is 2.59. The van der Waals surface area contributed by atoms with E-state index in [-0.39, 0.29) is 17.9 Å². The molecule has 28 heavy (non-hydrogen) atoms. The standard InChI is InChI=1S/C20H32F3N3O2/c1-6-27-12-8-7-11-25-18(24-5)26-14-15-9-10-16(28-19(2,3)4)13-17(15)20(21,22)23/h9-10,13H,6-8,11-12,14H2,1-5H3,(H2,24,25,26). The summed E-state index contributed by atoms with van der Waals surface area (Å²) >= 11 is 0. The molecule has 0 saturated carbocycles. The third kappa shape index (κ3) is 9.30. The predicted octanol–water partition coefficient (Wildman–Crippen LogP) is 4.36. The molecule has 0 atom stereocenters. The van der Waals surface area contributed by atoms with E-state index < -0.39 is 17.3 Å². The molecular weight excluding hydrogens is 371 g/mol.